The van der Waals surface area contributed by atoms with Gasteiger partial charge in [-0.3, -0.25) is 9.59 Å². The molecule has 178 valence electrons. The van der Waals surface area contributed by atoms with Crippen LogP contribution in [-0.2, 0) is 9.53 Å². The van der Waals surface area contributed by atoms with E-state index < -0.39 is 0 Å². The molecule has 8 heteroatoms. The van der Waals surface area contributed by atoms with E-state index in [-0.39, 0.29) is 36.0 Å². The average molecular weight is 465 g/mol. The number of halogens is 1. The van der Waals surface area contributed by atoms with Crippen LogP contribution >= 0.6 is 0 Å². The maximum Gasteiger partial charge on any atom is 0.306 e. The van der Waals surface area contributed by atoms with E-state index in [4.69, 9.17) is 4.74 Å². The van der Waals surface area contributed by atoms with Crippen LogP contribution < -0.4 is 0 Å². The van der Waals surface area contributed by atoms with Gasteiger partial charge in [0.25, 0.3) is 5.91 Å². The number of benzene rings is 2. The number of carbonyl (C=O) groups is 2. The summed E-state index contributed by atoms with van der Waals surface area (Å²) < 4.78 is 18.7. The molecule has 1 amide bonds. The lowest BCUT2D eigenvalue weighted by Crippen LogP contribution is -2.40. The Balaban J connectivity index is 1.45. The number of amides is 1. The van der Waals surface area contributed by atoms with Gasteiger partial charge >= 0.3 is 5.97 Å². The van der Waals surface area contributed by atoms with E-state index in [9.17, 15) is 14.0 Å². The van der Waals surface area contributed by atoms with Crippen LogP contribution in [-0.4, -0.2) is 51.5 Å². The van der Waals surface area contributed by atoms with E-state index in [1.807, 2.05) is 30.3 Å². The van der Waals surface area contributed by atoms with E-state index >= 15 is 0 Å². The van der Waals surface area contributed by atoms with Crippen molar-refractivity contribution in [3.63, 3.8) is 0 Å². The number of aromatic nitrogens is 3. The standard InChI is InChI=1S/C26H29FN4O3/c1-3-34-24(32)17-23(19-9-11-21(27)12-10-19)20-13-15-30(16-14-20)26(33)25-18(2)28-31(29-25)22-7-5-4-6-8-22/h4-12,20,23H,3,13-17H2,1-2H3/t23-/m0/s1. The second kappa shape index (κ2) is 10.6. The number of aryl methyl sites for hydroxylation is 1. The molecule has 1 aliphatic rings. The van der Waals surface area contributed by atoms with Crippen molar-refractivity contribution < 1.29 is 18.7 Å². The molecule has 0 saturated carbocycles. The number of nitrogens with zero attached hydrogens (tertiary/aromatic N) is 4. The van der Waals surface area contributed by atoms with Gasteiger partial charge in [-0.1, -0.05) is 30.3 Å². The van der Waals surface area contributed by atoms with Gasteiger partial charge in [0.2, 0.25) is 0 Å². The summed E-state index contributed by atoms with van der Waals surface area (Å²) in [6, 6.07) is 15.8. The van der Waals surface area contributed by atoms with Gasteiger partial charge in [0.05, 0.1) is 24.4 Å². The SMILES string of the molecule is CCOC(=O)C[C@@H](c1ccc(F)cc1)C1CCN(C(=O)c2nn(-c3ccccc3)nc2C)CC1. The highest BCUT2D eigenvalue weighted by atomic mass is 19.1. The lowest BCUT2D eigenvalue weighted by atomic mass is 9.78. The monoisotopic (exact) mass is 464 g/mol. The third kappa shape index (κ3) is 5.32. The topological polar surface area (TPSA) is 77.3 Å². The molecule has 0 N–H and O–H groups in total. The zero-order chi connectivity index (χ0) is 24.1. The fraction of sp³-hybridized carbons (Fsp3) is 0.385. The summed E-state index contributed by atoms with van der Waals surface area (Å²) >= 11 is 0. The Labute approximate surface area is 198 Å². The molecule has 0 unspecified atom stereocenters. The van der Waals surface area contributed by atoms with Crippen LogP contribution in [0, 0.1) is 18.7 Å². The lowest BCUT2D eigenvalue weighted by molar-refractivity contribution is -0.144. The van der Waals surface area contributed by atoms with E-state index in [1.165, 1.54) is 16.9 Å². The van der Waals surface area contributed by atoms with E-state index in [1.54, 1.807) is 30.9 Å². The number of piperidine rings is 1. The van der Waals surface area contributed by atoms with Gasteiger partial charge in [-0.15, -0.1) is 5.10 Å². The van der Waals surface area contributed by atoms with E-state index in [0.717, 1.165) is 24.1 Å². The number of likely N-dealkylation sites (tertiary alicyclic amines) is 1. The molecule has 3 aromatic rings. The van der Waals surface area contributed by atoms with Crippen LogP contribution in [0.3, 0.4) is 0 Å². The fourth-order valence-electron chi connectivity index (χ4n) is 4.57. The van der Waals surface area contributed by atoms with Gasteiger partial charge in [-0.25, -0.2) is 4.39 Å². The normalized spacial score (nSPS) is 15.2. The summed E-state index contributed by atoms with van der Waals surface area (Å²) in [7, 11) is 0. The van der Waals surface area contributed by atoms with Gasteiger partial charge in [0, 0.05) is 13.1 Å². The maximum atomic E-state index is 13.5. The molecule has 0 spiro atoms. The number of carbonyl (C=O) groups excluding carboxylic acids is 2. The smallest absolute Gasteiger partial charge is 0.306 e. The third-order valence-corrected chi connectivity index (χ3v) is 6.36. The molecule has 1 atom stereocenters. The summed E-state index contributed by atoms with van der Waals surface area (Å²) in [5, 5.41) is 8.86. The molecule has 2 aromatic carbocycles. The molecule has 2 heterocycles. The Morgan fingerprint density at radius 2 is 1.74 bits per heavy atom. The quantitative estimate of drug-likeness (QED) is 0.487. The van der Waals surface area contributed by atoms with Crippen LogP contribution in [0.4, 0.5) is 4.39 Å². The lowest BCUT2D eigenvalue weighted by Gasteiger charge is -2.36. The van der Waals surface area contributed by atoms with Gasteiger partial charge in [-0.05, 0) is 68.4 Å². The largest absolute Gasteiger partial charge is 0.466 e. The van der Waals surface area contributed by atoms with E-state index in [0.29, 0.717) is 31.1 Å². The van der Waals surface area contributed by atoms with Crippen LogP contribution in [0.1, 0.15) is 53.8 Å². The molecule has 4 rings (SSSR count). The Morgan fingerprint density at radius 1 is 1.06 bits per heavy atom. The van der Waals surface area contributed by atoms with Gasteiger partial charge < -0.3 is 9.64 Å². The molecule has 1 saturated heterocycles. The first-order valence-electron chi connectivity index (χ1n) is 11.7. The summed E-state index contributed by atoms with van der Waals surface area (Å²) in [4.78, 5) is 28.8. The highest BCUT2D eigenvalue weighted by Crippen LogP contribution is 2.36. The number of ether oxygens (including phenoxy) is 1. The molecular formula is C26H29FN4O3. The molecule has 0 aliphatic carbocycles. The number of para-hydroxylation sites is 1. The summed E-state index contributed by atoms with van der Waals surface area (Å²) in [6.45, 7) is 5.01. The van der Waals surface area contributed by atoms with Gasteiger partial charge in [0.1, 0.15) is 5.82 Å². The van der Waals surface area contributed by atoms with Gasteiger partial charge in [0.15, 0.2) is 5.69 Å². The predicted octanol–water partition coefficient (Wildman–Crippen LogP) is 4.30. The fourth-order valence-corrected chi connectivity index (χ4v) is 4.57. The Morgan fingerprint density at radius 3 is 2.38 bits per heavy atom. The first-order valence-corrected chi connectivity index (χ1v) is 11.7. The maximum absolute atomic E-state index is 13.5. The van der Waals surface area contributed by atoms with Crippen LogP contribution in [0.2, 0.25) is 0 Å². The average Bonchev–Trinajstić information content (AvgIpc) is 3.25. The summed E-state index contributed by atoms with van der Waals surface area (Å²) in [5.74, 6) is -0.610. The highest BCUT2D eigenvalue weighted by Gasteiger charge is 2.32. The zero-order valence-corrected chi connectivity index (χ0v) is 19.5. The molecule has 34 heavy (non-hydrogen) atoms. The number of esters is 1. The molecule has 0 radical (unpaired) electrons. The minimum absolute atomic E-state index is 0.0856. The third-order valence-electron chi connectivity index (χ3n) is 6.36. The minimum atomic E-state index is -0.307. The second-order valence-electron chi connectivity index (χ2n) is 8.56. The second-order valence-corrected chi connectivity index (χ2v) is 8.56. The van der Waals surface area contributed by atoms with Crippen LogP contribution in [0.15, 0.2) is 54.6 Å². The molecular weight excluding hydrogens is 435 g/mol. The molecule has 1 fully saturated rings. The molecule has 1 aromatic heterocycles. The van der Waals surface area contributed by atoms with Crippen molar-refractivity contribution in [2.24, 2.45) is 5.92 Å². The first-order chi connectivity index (χ1) is 16.5. The summed E-state index contributed by atoms with van der Waals surface area (Å²) in [5.41, 5.74) is 2.65. The number of hydrogen-bond donors (Lipinski definition) is 0. The Hall–Kier alpha value is -3.55. The zero-order valence-electron chi connectivity index (χ0n) is 19.5. The van der Waals surface area contributed by atoms with Crippen molar-refractivity contribution in [1.29, 1.82) is 0 Å². The van der Waals surface area contributed by atoms with Crippen molar-refractivity contribution in [3.8, 4) is 5.69 Å². The van der Waals surface area contributed by atoms with Crippen LogP contribution in [0.5, 0.6) is 0 Å². The first kappa shape index (κ1) is 23.6. The van der Waals surface area contributed by atoms with Crippen molar-refractivity contribution in [2.45, 2.75) is 39.0 Å². The highest BCUT2D eigenvalue weighted by molar-refractivity contribution is 5.93. The molecule has 1 aliphatic heterocycles. The minimum Gasteiger partial charge on any atom is -0.466 e. The van der Waals surface area contributed by atoms with Gasteiger partial charge in [-0.2, -0.15) is 9.90 Å². The Kier molecular flexibility index (Phi) is 7.35. The molecule has 0 bridgehead atoms. The van der Waals surface area contributed by atoms with Crippen molar-refractivity contribution >= 4 is 11.9 Å². The van der Waals surface area contributed by atoms with Crippen molar-refractivity contribution in [2.75, 3.05) is 19.7 Å². The van der Waals surface area contributed by atoms with Crippen LogP contribution in [0.25, 0.3) is 5.69 Å². The molecule has 7 nitrogen and oxygen atoms in total. The number of rotatable bonds is 7. The van der Waals surface area contributed by atoms with Crippen molar-refractivity contribution in [1.82, 2.24) is 19.9 Å². The number of hydrogen-bond acceptors (Lipinski definition) is 5. The van der Waals surface area contributed by atoms with Crippen molar-refractivity contribution in [3.05, 3.63) is 77.4 Å². The Bertz CT molecular complexity index is 1120. The van der Waals surface area contributed by atoms with E-state index in [2.05, 4.69) is 10.2 Å². The predicted molar refractivity (Wildman–Crippen MR) is 125 cm³/mol. The summed E-state index contributed by atoms with van der Waals surface area (Å²) in [6.07, 6.45) is 1.71.